The Morgan fingerprint density at radius 1 is 1.18 bits per heavy atom. The minimum atomic E-state index is -5.12. The first-order valence-electron chi connectivity index (χ1n) is 7.82. The standard InChI is InChI=1S/C18H12Cl2F3NO4/c1-8-4-9(2-3-13(8)16(26)27)14-15(25)17(28-24-14,18(21,22)23)10-5-11(19)7-12(20)6-10/h2-7,14,24H,1H3,(H,26,27). The summed E-state index contributed by atoms with van der Waals surface area (Å²) in [6.45, 7) is 1.47. The number of halogens is 5. The largest absolute Gasteiger partial charge is 0.478 e. The molecule has 0 aromatic heterocycles. The number of alkyl halides is 3. The Morgan fingerprint density at radius 2 is 1.79 bits per heavy atom. The lowest BCUT2D eigenvalue weighted by Gasteiger charge is -2.28. The van der Waals surface area contributed by atoms with Gasteiger partial charge in [0.1, 0.15) is 6.04 Å². The van der Waals surface area contributed by atoms with Gasteiger partial charge < -0.3 is 5.11 Å². The zero-order valence-electron chi connectivity index (χ0n) is 14.1. The van der Waals surface area contributed by atoms with Gasteiger partial charge in [-0.3, -0.25) is 9.63 Å². The fourth-order valence-electron chi connectivity index (χ4n) is 3.10. The summed E-state index contributed by atoms with van der Waals surface area (Å²) in [6, 6.07) is 5.47. The number of ketones is 1. The van der Waals surface area contributed by atoms with Gasteiger partial charge in [-0.15, -0.1) is 0 Å². The van der Waals surface area contributed by atoms with Crippen molar-refractivity contribution in [3.63, 3.8) is 0 Å². The van der Waals surface area contributed by atoms with Crippen LogP contribution in [0.4, 0.5) is 13.2 Å². The van der Waals surface area contributed by atoms with Crippen LogP contribution < -0.4 is 5.48 Å². The molecular formula is C18H12Cl2F3NO4. The highest BCUT2D eigenvalue weighted by atomic mass is 35.5. The van der Waals surface area contributed by atoms with E-state index in [4.69, 9.17) is 33.1 Å². The molecule has 0 radical (unpaired) electrons. The van der Waals surface area contributed by atoms with Crippen LogP contribution >= 0.6 is 23.2 Å². The summed E-state index contributed by atoms with van der Waals surface area (Å²) >= 11 is 11.6. The second-order valence-electron chi connectivity index (χ2n) is 6.23. The second-order valence-corrected chi connectivity index (χ2v) is 7.11. The number of carboxylic acids is 1. The van der Waals surface area contributed by atoms with Crippen LogP contribution in [-0.4, -0.2) is 23.0 Å². The number of benzene rings is 2. The molecule has 0 spiro atoms. The molecule has 0 saturated carbocycles. The van der Waals surface area contributed by atoms with Crippen molar-refractivity contribution in [1.29, 1.82) is 0 Å². The lowest BCUT2D eigenvalue weighted by Crippen LogP contribution is -2.48. The van der Waals surface area contributed by atoms with E-state index in [1.165, 1.54) is 31.2 Å². The molecule has 2 N–H and O–H groups in total. The molecule has 1 aliphatic heterocycles. The van der Waals surface area contributed by atoms with Gasteiger partial charge in [0.25, 0.3) is 5.60 Å². The molecule has 1 heterocycles. The van der Waals surface area contributed by atoms with Crippen LogP contribution in [-0.2, 0) is 15.2 Å². The number of hydrogen-bond acceptors (Lipinski definition) is 4. The Balaban J connectivity index is 2.10. The van der Waals surface area contributed by atoms with Crippen molar-refractivity contribution in [3.05, 3.63) is 68.7 Å². The molecule has 1 saturated heterocycles. The lowest BCUT2D eigenvalue weighted by molar-refractivity contribution is -0.272. The van der Waals surface area contributed by atoms with E-state index < -0.39 is 35.1 Å². The number of carbonyl (C=O) groups excluding carboxylic acids is 1. The SMILES string of the molecule is Cc1cc(C2NOC(c3cc(Cl)cc(Cl)c3)(C(F)(F)F)C2=O)ccc1C(=O)O. The van der Waals surface area contributed by atoms with Crippen molar-refractivity contribution in [2.75, 3.05) is 0 Å². The minimum Gasteiger partial charge on any atom is -0.478 e. The van der Waals surface area contributed by atoms with Gasteiger partial charge in [-0.05, 0) is 42.3 Å². The summed E-state index contributed by atoms with van der Waals surface area (Å²) in [6.07, 6.45) is -5.12. The van der Waals surface area contributed by atoms with Gasteiger partial charge in [0.05, 0.1) is 5.56 Å². The maximum Gasteiger partial charge on any atom is 0.431 e. The molecule has 28 heavy (non-hydrogen) atoms. The zero-order valence-corrected chi connectivity index (χ0v) is 15.6. The van der Waals surface area contributed by atoms with Crippen molar-refractivity contribution in [2.45, 2.75) is 24.7 Å². The van der Waals surface area contributed by atoms with E-state index in [0.29, 0.717) is 0 Å². The summed E-state index contributed by atoms with van der Waals surface area (Å²) in [7, 11) is 0. The van der Waals surface area contributed by atoms with E-state index in [1.807, 2.05) is 0 Å². The predicted molar refractivity (Wildman–Crippen MR) is 94.3 cm³/mol. The maximum absolute atomic E-state index is 14.0. The average Bonchev–Trinajstić information content (AvgIpc) is 2.91. The Kier molecular flexibility index (Phi) is 5.18. The number of aryl methyl sites for hydroxylation is 1. The highest BCUT2D eigenvalue weighted by Crippen LogP contribution is 2.49. The molecule has 2 atom stereocenters. The van der Waals surface area contributed by atoms with E-state index in [2.05, 4.69) is 5.48 Å². The third-order valence-electron chi connectivity index (χ3n) is 4.42. The average molecular weight is 434 g/mol. The van der Waals surface area contributed by atoms with Crippen molar-refractivity contribution < 1.29 is 32.7 Å². The molecule has 2 aromatic rings. The van der Waals surface area contributed by atoms with Crippen molar-refractivity contribution in [2.24, 2.45) is 0 Å². The predicted octanol–water partition coefficient (Wildman–Crippen LogP) is 4.60. The topological polar surface area (TPSA) is 75.6 Å². The van der Waals surface area contributed by atoms with Gasteiger partial charge in [-0.25, -0.2) is 4.79 Å². The highest BCUT2D eigenvalue weighted by molar-refractivity contribution is 6.34. The first-order valence-corrected chi connectivity index (χ1v) is 8.58. The third kappa shape index (κ3) is 3.26. The molecule has 0 aliphatic carbocycles. The number of carbonyl (C=O) groups is 2. The van der Waals surface area contributed by atoms with Crippen LogP contribution in [0.15, 0.2) is 36.4 Å². The van der Waals surface area contributed by atoms with Gasteiger partial charge in [0.15, 0.2) is 0 Å². The highest BCUT2D eigenvalue weighted by Gasteiger charge is 2.68. The van der Waals surface area contributed by atoms with Gasteiger partial charge in [0.2, 0.25) is 5.78 Å². The Morgan fingerprint density at radius 3 is 2.29 bits per heavy atom. The van der Waals surface area contributed by atoms with Crippen LogP contribution in [0.25, 0.3) is 0 Å². The van der Waals surface area contributed by atoms with Crippen LogP contribution in [0.5, 0.6) is 0 Å². The smallest absolute Gasteiger partial charge is 0.431 e. The molecule has 10 heteroatoms. The molecule has 1 fully saturated rings. The number of aromatic carboxylic acids is 1. The van der Waals surface area contributed by atoms with Crippen LogP contribution in [0.2, 0.25) is 10.0 Å². The van der Waals surface area contributed by atoms with Crippen LogP contribution in [0, 0.1) is 6.92 Å². The van der Waals surface area contributed by atoms with Crippen molar-refractivity contribution in [3.8, 4) is 0 Å². The lowest BCUT2D eigenvalue weighted by atomic mass is 9.84. The summed E-state index contributed by atoms with van der Waals surface area (Å²) < 4.78 is 42.0. The normalized spacial score (nSPS) is 22.5. The molecule has 1 aliphatic rings. The fraction of sp³-hybridized carbons (Fsp3) is 0.222. The van der Waals surface area contributed by atoms with E-state index >= 15 is 0 Å². The number of carboxylic acid groups (broad SMARTS) is 1. The van der Waals surface area contributed by atoms with E-state index in [9.17, 15) is 22.8 Å². The van der Waals surface area contributed by atoms with Gasteiger partial charge in [-0.1, -0.05) is 35.3 Å². The minimum absolute atomic E-state index is 0.0289. The Labute approximate surface area is 167 Å². The van der Waals surface area contributed by atoms with E-state index in [0.717, 1.165) is 12.1 Å². The van der Waals surface area contributed by atoms with E-state index in [1.54, 1.807) is 0 Å². The molecule has 5 nitrogen and oxygen atoms in total. The first kappa shape index (κ1) is 20.6. The zero-order chi connectivity index (χ0) is 20.9. The van der Waals surface area contributed by atoms with Gasteiger partial charge >= 0.3 is 12.1 Å². The van der Waals surface area contributed by atoms with Crippen LogP contribution in [0.1, 0.15) is 33.1 Å². The number of Topliss-reactive ketones (excluding diaryl/α,β-unsaturated/α-hetero) is 1. The van der Waals surface area contributed by atoms with Gasteiger partial charge in [-0.2, -0.15) is 18.7 Å². The van der Waals surface area contributed by atoms with E-state index in [-0.39, 0.29) is 26.7 Å². The number of nitrogens with one attached hydrogen (secondary N) is 1. The summed E-state index contributed by atoms with van der Waals surface area (Å²) in [4.78, 5) is 28.9. The first-order chi connectivity index (χ1) is 13.0. The second kappa shape index (κ2) is 7.04. The van der Waals surface area contributed by atoms with Gasteiger partial charge in [0, 0.05) is 15.6 Å². The maximum atomic E-state index is 14.0. The summed E-state index contributed by atoms with van der Waals surface area (Å²) in [5.74, 6) is -2.51. The quantitative estimate of drug-likeness (QED) is 0.739. The third-order valence-corrected chi connectivity index (χ3v) is 4.86. The van der Waals surface area contributed by atoms with Crippen molar-refractivity contribution >= 4 is 35.0 Å². The Bertz CT molecular complexity index is 960. The molecule has 0 amide bonds. The fourth-order valence-corrected chi connectivity index (χ4v) is 3.63. The van der Waals surface area contributed by atoms with Crippen LogP contribution in [0.3, 0.4) is 0 Å². The molecule has 148 valence electrons. The number of rotatable bonds is 3. The molecular weight excluding hydrogens is 422 g/mol. The van der Waals surface area contributed by atoms with Crippen molar-refractivity contribution in [1.82, 2.24) is 5.48 Å². The summed E-state index contributed by atoms with van der Waals surface area (Å²) in [5.41, 5.74) is -1.35. The molecule has 2 aromatic carbocycles. The Hall–Kier alpha value is -2.13. The molecule has 3 rings (SSSR count). The summed E-state index contributed by atoms with van der Waals surface area (Å²) in [5, 5.41) is 8.90. The number of hydrogen-bond donors (Lipinski definition) is 2. The molecule has 2 unspecified atom stereocenters. The molecule has 0 bridgehead atoms. The monoisotopic (exact) mass is 433 g/mol. The number of hydroxylamine groups is 1.